The van der Waals surface area contributed by atoms with Gasteiger partial charge in [0.05, 0.1) is 0 Å². The van der Waals surface area contributed by atoms with Gasteiger partial charge >= 0.3 is 0 Å². The fourth-order valence-electron chi connectivity index (χ4n) is 2.79. The van der Waals surface area contributed by atoms with E-state index < -0.39 is 0 Å². The number of allylic oxidation sites excluding steroid dienone is 2. The fourth-order valence-corrected chi connectivity index (χ4v) is 2.79. The van der Waals surface area contributed by atoms with Gasteiger partial charge in [-0.2, -0.15) is 0 Å². The molecule has 1 heteroatoms. The third-order valence-corrected chi connectivity index (χ3v) is 3.33. The summed E-state index contributed by atoms with van der Waals surface area (Å²) in [5.74, 6) is 0. The van der Waals surface area contributed by atoms with Gasteiger partial charge in [-0.25, -0.2) is 0 Å². The molecule has 1 spiro atoms. The second-order valence-corrected chi connectivity index (χ2v) is 4.61. The van der Waals surface area contributed by atoms with Crippen LogP contribution < -0.4 is 0 Å². The SMILES string of the molecule is CCC=C1CC2(CCN(C)C2)C1. The van der Waals surface area contributed by atoms with Crippen LogP contribution >= 0.6 is 0 Å². The Morgan fingerprint density at radius 2 is 2.25 bits per heavy atom. The number of hydrogen-bond donors (Lipinski definition) is 0. The van der Waals surface area contributed by atoms with E-state index >= 15 is 0 Å². The first-order chi connectivity index (χ1) is 5.74. The van der Waals surface area contributed by atoms with Crippen LogP contribution in [0.25, 0.3) is 0 Å². The van der Waals surface area contributed by atoms with Crippen molar-refractivity contribution in [2.75, 3.05) is 20.1 Å². The van der Waals surface area contributed by atoms with Crippen LogP contribution in [0.15, 0.2) is 11.6 Å². The van der Waals surface area contributed by atoms with Crippen molar-refractivity contribution >= 4 is 0 Å². The molecule has 0 N–H and O–H groups in total. The van der Waals surface area contributed by atoms with Gasteiger partial charge in [0, 0.05) is 6.54 Å². The highest BCUT2D eigenvalue weighted by Gasteiger charge is 2.44. The van der Waals surface area contributed by atoms with E-state index in [4.69, 9.17) is 0 Å². The molecule has 0 aromatic rings. The summed E-state index contributed by atoms with van der Waals surface area (Å²) >= 11 is 0. The first-order valence-corrected chi connectivity index (χ1v) is 5.11. The van der Waals surface area contributed by atoms with Crippen LogP contribution in [0.2, 0.25) is 0 Å². The summed E-state index contributed by atoms with van der Waals surface area (Å²) in [7, 11) is 2.25. The van der Waals surface area contributed by atoms with Crippen molar-refractivity contribution in [2.45, 2.75) is 32.6 Å². The van der Waals surface area contributed by atoms with Gasteiger partial charge in [0.25, 0.3) is 0 Å². The minimum atomic E-state index is 0.718. The van der Waals surface area contributed by atoms with Crippen molar-refractivity contribution in [3.63, 3.8) is 0 Å². The van der Waals surface area contributed by atoms with Crippen LogP contribution in [-0.2, 0) is 0 Å². The summed E-state index contributed by atoms with van der Waals surface area (Å²) in [4.78, 5) is 2.47. The van der Waals surface area contributed by atoms with Gasteiger partial charge in [-0.15, -0.1) is 0 Å². The molecule has 0 unspecified atom stereocenters. The normalized spacial score (nSPS) is 35.7. The Hall–Kier alpha value is -0.300. The highest BCUT2D eigenvalue weighted by atomic mass is 15.1. The van der Waals surface area contributed by atoms with Crippen molar-refractivity contribution in [3.05, 3.63) is 11.6 Å². The summed E-state index contributed by atoms with van der Waals surface area (Å²) in [6.07, 6.45) is 7.87. The van der Waals surface area contributed by atoms with Crippen molar-refractivity contribution in [3.8, 4) is 0 Å². The van der Waals surface area contributed by atoms with Gasteiger partial charge in [-0.05, 0) is 44.7 Å². The average molecular weight is 165 g/mol. The summed E-state index contributed by atoms with van der Waals surface area (Å²) < 4.78 is 0. The number of hydrogen-bond acceptors (Lipinski definition) is 1. The predicted molar refractivity (Wildman–Crippen MR) is 52.2 cm³/mol. The highest BCUT2D eigenvalue weighted by Crippen LogP contribution is 2.51. The van der Waals surface area contributed by atoms with E-state index in [1.807, 2.05) is 0 Å². The number of nitrogens with zero attached hydrogens (tertiary/aromatic N) is 1. The summed E-state index contributed by atoms with van der Waals surface area (Å²) in [6, 6.07) is 0. The van der Waals surface area contributed by atoms with Crippen molar-refractivity contribution in [1.82, 2.24) is 4.90 Å². The van der Waals surface area contributed by atoms with Gasteiger partial charge in [0.1, 0.15) is 0 Å². The molecule has 0 radical (unpaired) electrons. The minimum absolute atomic E-state index is 0.718. The van der Waals surface area contributed by atoms with Crippen LogP contribution in [0.3, 0.4) is 0 Å². The van der Waals surface area contributed by atoms with Crippen LogP contribution in [0.4, 0.5) is 0 Å². The van der Waals surface area contributed by atoms with Crippen LogP contribution in [0, 0.1) is 5.41 Å². The Balaban J connectivity index is 1.91. The maximum atomic E-state index is 2.47. The largest absolute Gasteiger partial charge is 0.306 e. The van der Waals surface area contributed by atoms with E-state index in [9.17, 15) is 0 Å². The molecule has 0 atom stereocenters. The standard InChI is InChI=1S/C11H19N/c1-3-4-10-7-11(8-10)5-6-12(2)9-11/h4H,3,5-9H2,1-2H3. The van der Waals surface area contributed by atoms with Crippen LogP contribution in [0.5, 0.6) is 0 Å². The molecule has 1 saturated carbocycles. The lowest BCUT2D eigenvalue weighted by molar-refractivity contribution is 0.211. The molecule has 1 nitrogen and oxygen atoms in total. The molecule has 1 aliphatic carbocycles. The molecule has 1 heterocycles. The molecule has 68 valence electrons. The Morgan fingerprint density at radius 3 is 2.75 bits per heavy atom. The lowest BCUT2D eigenvalue weighted by atomic mass is 9.65. The van der Waals surface area contributed by atoms with E-state index in [1.165, 1.54) is 38.8 Å². The van der Waals surface area contributed by atoms with E-state index in [-0.39, 0.29) is 0 Å². The van der Waals surface area contributed by atoms with Crippen molar-refractivity contribution < 1.29 is 0 Å². The van der Waals surface area contributed by atoms with Crippen LogP contribution in [0.1, 0.15) is 32.6 Å². The summed E-state index contributed by atoms with van der Waals surface area (Å²) in [6.45, 7) is 4.90. The molecule has 0 bridgehead atoms. The molecule has 2 rings (SSSR count). The predicted octanol–water partition coefficient (Wildman–Crippen LogP) is 2.44. The third kappa shape index (κ3) is 1.31. The zero-order chi connectivity index (χ0) is 8.60. The molecule has 1 aliphatic heterocycles. The zero-order valence-electron chi connectivity index (χ0n) is 8.27. The minimum Gasteiger partial charge on any atom is -0.306 e. The maximum absolute atomic E-state index is 2.47. The Kier molecular flexibility index (Phi) is 1.99. The number of likely N-dealkylation sites (tertiary alicyclic amines) is 1. The van der Waals surface area contributed by atoms with E-state index in [2.05, 4.69) is 24.9 Å². The van der Waals surface area contributed by atoms with Gasteiger partial charge in [0.2, 0.25) is 0 Å². The monoisotopic (exact) mass is 165 g/mol. The Morgan fingerprint density at radius 1 is 1.50 bits per heavy atom. The molecular weight excluding hydrogens is 146 g/mol. The van der Waals surface area contributed by atoms with Gasteiger partial charge in [-0.1, -0.05) is 18.6 Å². The molecule has 2 fully saturated rings. The molecule has 0 aromatic carbocycles. The fraction of sp³-hybridized carbons (Fsp3) is 0.818. The lowest BCUT2D eigenvalue weighted by Gasteiger charge is -2.41. The lowest BCUT2D eigenvalue weighted by Crippen LogP contribution is -2.33. The van der Waals surface area contributed by atoms with Gasteiger partial charge in [-0.3, -0.25) is 0 Å². The molecule has 0 aromatic heterocycles. The zero-order valence-corrected chi connectivity index (χ0v) is 8.27. The van der Waals surface area contributed by atoms with Crippen molar-refractivity contribution in [1.29, 1.82) is 0 Å². The van der Waals surface area contributed by atoms with E-state index in [0.717, 1.165) is 5.41 Å². The average Bonchev–Trinajstić information content (AvgIpc) is 2.31. The van der Waals surface area contributed by atoms with E-state index in [0.29, 0.717) is 0 Å². The molecular formula is C11H19N. The summed E-state index contributed by atoms with van der Waals surface area (Å²) in [5.41, 5.74) is 2.43. The van der Waals surface area contributed by atoms with E-state index in [1.54, 1.807) is 5.57 Å². The van der Waals surface area contributed by atoms with Gasteiger partial charge in [0.15, 0.2) is 0 Å². The first kappa shape index (κ1) is 8.31. The number of rotatable bonds is 1. The highest BCUT2D eigenvalue weighted by molar-refractivity contribution is 5.20. The molecule has 2 aliphatic rings. The second-order valence-electron chi connectivity index (χ2n) is 4.61. The third-order valence-electron chi connectivity index (χ3n) is 3.33. The molecule has 12 heavy (non-hydrogen) atoms. The Labute approximate surface area is 75.4 Å². The van der Waals surface area contributed by atoms with Crippen LogP contribution in [-0.4, -0.2) is 25.0 Å². The molecule has 1 saturated heterocycles. The quantitative estimate of drug-likeness (QED) is 0.539. The van der Waals surface area contributed by atoms with Crippen molar-refractivity contribution in [2.24, 2.45) is 5.41 Å². The molecule has 0 amide bonds. The summed E-state index contributed by atoms with van der Waals surface area (Å²) in [5, 5.41) is 0. The van der Waals surface area contributed by atoms with Gasteiger partial charge < -0.3 is 4.90 Å². The maximum Gasteiger partial charge on any atom is 0.00416 e. The second kappa shape index (κ2) is 2.88. The first-order valence-electron chi connectivity index (χ1n) is 5.11. The Bertz CT molecular complexity index is 197. The smallest absolute Gasteiger partial charge is 0.00416 e. The topological polar surface area (TPSA) is 3.24 Å².